The Bertz CT molecular complexity index is 431. The highest BCUT2D eigenvalue weighted by Crippen LogP contribution is 2.43. The summed E-state index contributed by atoms with van der Waals surface area (Å²) in [4.78, 5) is 0. The zero-order valence-corrected chi connectivity index (χ0v) is 10.6. The van der Waals surface area contributed by atoms with Crippen molar-refractivity contribution in [1.29, 1.82) is 0 Å². The van der Waals surface area contributed by atoms with Crippen LogP contribution in [0.25, 0.3) is 0 Å². The highest BCUT2D eigenvalue weighted by Gasteiger charge is 2.39. The molecule has 0 unspecified atom stereocenters. The molecule has 2 fully saturated rings. The minimum Gasteiger partial charge on any atom is -0.390 e. The number of sulfone groups is 1. The zero-order valence-electron chi connectivity index (χ0n) is 9.75. The minimum atomic E-state index is -3.03. The predicted molar refractivity (Wildman–Crippen MR) is 65.3 cm³/mol. The predicted octanol–water partition coefficient (Wildman–Crippen LogP) is -0.0539. The molecule has 3 rings (SSSR count). The average Bonchev–Trinajstić information content (AvgIpc) is 2.89. The number of aliphatic hydroxyl groups excluding tert-OH is 1. The second kappa shape index (κ2) is 4.07. The van der Waals surface area contributed by atoms with E-state index in [9.17, 15) is 13.5 Å². The van der Waals surface area contributed by atoms with E-state index in [0.717, 1.165) is 12.5 Å². The van der Waals surface area contributed by atoms with Crippen molar-refractivity contribution in [2.24, 2.45) is 17.8 Å². The van der Waals surface area contributed by atoms with Gasteiger partial charge in [-0.2, -0.15) is 0 Å². The van der Waals surface area contributed by atoms with Crippen molar-refractivity contribution in [2.75, 3.05) is 18.1 Å². The molecule has 0 spiro atoms. The third kappa shape index (κ3) is 2.28. The fraction of sp³-hybridized carbons (Fsp3) is 0.833. The maximum atomic E-state index is 11.4. The Morgan fingerprint density at radius 2 is 2.06 bits per heavy atom. The number of nitrogens with one attached hydrogen (secondary N) is 1. The fourth-order valence-electron chi connectivity index (χ4n) is 3.46. The van der Waals surface area contributed by atoms with Crippen molar-refractivity contribution in [1.82, 2.24) is 5.32 Å². The van der Waals surface area contributed by atoms with E-state index in [-0.39, 0.29) is 17.5 Å². The Labute approximate surface area is 102 Å². The first-order valence-corrected chi connectivity index (χ1v) is 8.16. The molecule has 0 aromatic carbocycles. The summed E-state index contributed by atoms with van der Waals surface area (Å²) in [5.74, 6) is 2.04. The summed E-state index contributed by atoms with van der Waals surface area (Å²) in [7, 11) is -3.03. The fourth-order valence-corrected chi connectivity index (χ4v) is 5.23. The summed E-state index contributed by atoms with van der Waals surface area (Å²) < 4.78 is 22.7. The average molecular weight is 257 g/mol. The van der Waals surface area contributed by atoms with Crippen molar-refractivity contribution in [3.05, 3.63) is 12.2 Å². The van der Waals surface area contributed by atoms with Crippen LogP contribution in [0, 0.1) is 17.8 Å². The topological polar surface area (TPSA) is 66.4 Å². The molecule has 0 aromatic heterocycles. The maximum Gasteiger partial charge on any atom is 0.154 e. The van der Waals surface area contributed by atoms with E-state index in [0.29, 0.717) is 11.8 Å². The number of aliphatic hydroxyl groups is 1. The Balaban J connectivity index is 1.54. The number of allylic oxidation sites excluding steroid dienone is 2. The lowest BCUT2D eigenvalue weighted by molar-refractivity contribution is 0.162. The van der Waals surface area contributed by atoms with E-state index in [4.69, 9.17) is 0 Å². The van der Waals surface area contributed by atoms with Crippen LogP contribution in [-0.4, -0.2) is 43.7 Å². The first kappa shape index (κ1) is 11.7. The van der Waals surface area contributed by atoms with Crippen molar-refractivity contribution in [3.8, 4) is 0 Å². The van der Waals surface area contributed by atoms with Gasteiger partial charge in [-0.05, 0) is 37.1 Å². The molecule has 5 heteroatoms. The molecule has 17 heavy (non-hydrogen) atoms. The monoisotopic (exact) mass is 257 g/mol. The van der Waals surface area contributed by atoms with Gasteiger partial charge in [-0.15, -0.1) is 0 Å². The molecule has 2 bridgehead atoms. The molecular weight excluding hydrogens is 238 g/mol. The van der Waals surface area contributed by atoms with Gasteiger partial charge in [0, 0.05) is 6.04 Å². The Morgan fingerprint density at radius 3 is 2.59 bits per heavy atom. The first-order chi connectivity index (χ1) is 8.03. The van der Waals surface area contributed by atoms with Crippen LogP contribution in [0.1, 0.15) is 12.8 Å². The Hall–Kier alpha value is -0.390. The molecule has 4 nitrogen and oxygen atoms in total. The van der Waals surface area contributed by atoms with Crippen LogP contribution in [0.2, 0.25) is 0 Å². The van der Waals surface area contributed by atoms with Gasteiger partial charge in [0.25, 0.3) is 0 Å². The van der Waals surface area contributed by atoms with Crippen molar-refractivity contribution in [2.45, 2.75) is 25.0 Å². The van der Waals surface area contributed by atoms with E-state index in [1.54, 1.807) is 0 Å². The standard InChI is InChI=1S/C12H19NO3S/c14-12-7-17(15,16)6-11(12)13-5-10-4-8-1-2-9(10)3-8/h1-2,8-14H,3-7H2/t8-,9+,10-,11-,12-/m0/s1. The molecule has 1 aliphatic heterocycles. The first-order valence-electron chi connectivity index (χ1n) is 6.34. The largest absolute Gasteiger partial charge is 0.390 e. The molecular formula is C12H19NO3S. The second-order valence-corrected chi connectivity index (χ2v) is 7.85. The SMILES string of the molecule is O=S1(=O)C[C@H](NC[C@@H]2C[C@H]3C=C[C@@H]2C3)[C@@H](O)C1. The van der Waals surface area contributed by atoms with E-state index >= 15 is 0 Å². The third-order valence-corrected chi connectivity index (χ3v) is 6.10. The third-order valence-electron chi connectivity index (χ3n) is 4.38. The molecule has 0 radical (unpaired) electrons. The van der Waals surface area contributed by atoms with Crippen LogP contribution in [0.5, 0.6) is 0 Å². The van der Waals surface area contributed by atoms with Gasteiger partial charge in [-0.25, -0.2) is 8.42 Å². The van der Waals surface area contributed by atoms with Crippen LogP contribution in [0.15, 0.2) is 12.2 Å². The summed E-state index contributed by atoms with van der Waals surface area (Å²) in [6.07, 6.45) is 6.34. The summed E-state index contributed by atoms with van der Waals surface area (Å²) in [5, 5.41) is 12.9. The van der Waals surface area contributed by atoms with Gasteiger partial charge in [0.05, 0.1) is 17.6 Å². The van der Waals surface area contributed by atoms with E-state index in [2.05, 4.69) is 17.5 Å². The molecule has 1 saturated carbocycles. The van der Waals surface area contributed by atoms with E-state index in [1.165, 1.54) is 12.8 Å². The van der Waals surface area contributed by atoms with Crippen LogP contribution in [0.3, 0.4) is 0 Å². The van der Waals surface area contributed by atoms with Gasteiger partial charge < -0.3 is 10.4 Å². The Kier molecular flexibility index (Phi) is 2.80. The van der Waals surface area contributed by atoms with Gasteiger partial charge in [-0.3, -0.25) is 0 Å². The highest BCUT2D eigenvalue weighted by molar-refractivity contribution is 7.91. The van der Waals surface area contributed by atoms with Gasteiger partial charge in [0.1, 0.15) is 0 Å². The van der Waals surface area contributed by atoms with Crippen LogP contribution < -0.4 is 5.32 Å². The molecule has 3 aliphatic rings. The number of rotatable bonds is 3. The minimum absolute atomic E-state index is 0.0821. The number of fused-ring (bicyclic) bond motifs is 2. The van der Waals surface area contributed by atoms with Gasteiger partial charge in [-0.1, -0.05) is 12.2 Å². The lowest BCUT2D eigenvalue weighted by atomic mass is 9.93. The number of hydrogen-bond donors (Lipinski definition) is 2. The molecule has 0 amide bonds. The smallest absolute Gasteiger partial charge is 0.154 e. The summed E-state index contributed by atoms with van der Waals surface area (Å²) in [5.41, 5.74) is 0. The zero-order chi connectivity index (χ0) is 12.0. The molecule has 2 aliphatic carbocycles. The van der Waals surface area contributed by atoms with Gasteiger partial charge in [0.2, 0.25) is 0 Å². The highest BCUT2D eigenvalue weighted by atomic mass is 32.2. The van der Waals surface area contributed by atoms with Crippen molar-refractivity contribution < 1.29 is 13.5 Å². The molecule has 0 aromatic rings. The number of hydrogen-bond acceptors (Lipinski definition) is 4. The van der Waals surface area contributed by atoms with E-state index < -0.39 is 15.9 Å². The van der Waals surface area contributed by atoms with Crippen molar-refractivity contribution >= 4 is 9.84 Å². The van der Waals surface area contributed by atoms with Crippen LogP contribution >= 0.6 is 0 Å². The van der Waals surface area contributed by atoms with Gasteiger partial charge >= 0.3 is 0 Å². The lowest BCUT2D eigenvalue weighted by Gasteiger charge is -2.22. The molecule has 2 N–H and O–H groups in total. The van der Waals surface area contributed by atoms with Crippen LogP contribution in [-0.2, 0) is 9.84 Å². The Morgan fingerprint density at radius 1 is 1.24 bits per heavy atom. The van der Waals surface area contributed by atoms with Crippen molar-refractivity contribution in [3.63, 3.8) is 0 Å². The summed E-state index contributed by atoms with van der Waals surface area (Å²) in [6.45, 7) is 0.836. The van der Waals surface area contributed by atoms with Crippen LogP contribution in [0.4, 0.5) is 0 Å². The second-order valence-electron chi connectivity index (χ2n) is 5.70. The summed E-state index contributed by atoms with van der Waals surface area (Å²) >= 11 is 0. The summed E-state index contributed by atoms with van der Waals surface area (Å²) in [6, 6.07) is -0.261. The normalized spacial score (nSPS) is 46.8. The van der Waals surface area contributed by atoms with E-state index in [1.807, 2.05) is 0 Å². The molecule has 1 heterocycles. The lowest BCUT2D eigenvalue weighted by Crippen LogP contribution is -2.41. The van der Waals surface area contributed by atoms with Gasteiger partial charge in [0.15, 0.2) is 9.84 Å². The molecule has 5 atom stereocenters. The maximum absolute atomic E-state index is 11.4. The molecule has 1 saturated heterocycles. The quantitative estimate of drug-likeness (QED) is 0.696. The molecule has 96 valence electrons.